The number of aromatic nitrogens is 2. The summed E-state index contributed by atoms with van der Waals surface area (Å²) in [6.07, 6.45) is 3.50. The van der Waals surface area contributed by atoms with Crippen LogP contribution in [-0.4, -0.2) is 40.5 Å². The molecule has 1 aliphatic rings. The van der Waals surface area contributed by atoms with Crippen LogP contribution in [0.4, 0.5) is 0 Å². The molecule has 1 aromatic rings. The molecule has 1 fully saturated rings. The Kier molecular flexibility index (Phi) is 4.24. The van der Waals surface area contributed by atoms with Gasteiger partial charge in [-0.05, 0) is 25.9 Å². The Bertz CT molecular complexity index is 424. The predicted molar refractivity (Wildman–Crippen MR) is 70.3 cm³/mol. The van der Waals surface area contributed by atoms with Crippen LogP contribution in [0.3, 0.4) is 0 Å². The van der Waals surface area contributed by atoms with Gasteiger partial charge in [-0.25, -0.2) is 4.98 Å². The van der Waals surface area contributed by atoms with Crippen molar-refractivity contribution in [2.24, 2.45) is 13.0 Å². The summed E-state index contributed by atoms with van der Waals surface area (Å²) in [6, 6.07) is 0. The van der Waals surface area contributed by atoms with Crippen LogP contribution in [0.25, 0.3) is 0 Å². The summed E-state index contributed by atoms with van der Waals surface area (Å²) < 4.78 is 1.90. The first-order chi connectivity index (χ1) is 8.61. The maximum atomic E-state index is 11.5. The smallest absolute Gasteiger partial charge is 0.222 e. The van der Waals surface area contributed by atoms with Gasteiger partial charge in [0.2, 0.25) is 5.91 Å². The second-order valence-electron chi connectivity index (χ2n) is 4.72. The van der Waals surface area contributed by atoms with Crippen molar-refractivity contribution in [2.45, 2.75) is 19.4 Å². The fourth-order valence-electron chi connectivity index (χ4n) is 2.33. The van der Waals surface area contributed by atoms with Crippen LogP contribution < -0.4 is 5.32 Å². The molecule has 5 nitrogen and oxygen atoms in total. The number of nitrogens with one attached hydrogen (secondary N) is 1. The van der Waals surface area contributed by atoms with Crippen molar-refractivity contribution in [1.82, 2.24) is 19.8 Å². The quantitative estimate of drug-likeness (QED) is 0.893. The van der Waals surface area contributed by atoms with Gasteiger partial charge in [0.05, 0.1) is 12.7 Å². The van der Waals surface area contributed by atoms with Gasteiger partial charge in [0.15, 0.2) is 0 Å². The third kappa shape index (κ3) is 2.84. The first-order valence-corrected chi connectivity index (χ1v) is 6.59. The fraction of sp³-hybridized carbons (Fsp3) is 0.667. The molecule has 1 aromatic heterocycles. The SMILES string of the molecule is CNC(=O)C1CCN(Cc2ncc(Cl)n2C)CC1. The highest BCUT2D eigenvalue weighted by atomic mass is 35.5. The van der Waals surface area contributed by atoms with Gasteiger partial charge in [0, 0.05) is 20.0 Å². The third-order valence-electron chi connectivity index (χ3n) is 3.60. The Morgan fingerprint density at radius 3 is 2.72 bits per heavy atom. The molecule has 0 atom stereocenters. The van der Waals surface area contributed by atoms with E-state index >= 15 is 0 Å². The second-order valence-corrected chi connectivity index (χ2v) is 5.11. The van der Waals surface area contributed by atoms with Crippen molar-refractivity contribution >= 4 is 17.5 Å². The standard InChI is InChI=1S/C12H19ClN4O/c1-14-12(18)9-3-5-17(6-4-9)8-11-15-7-10(13)16(11)2/h7,9H,3-6,8H2,1-2H3,(H,14,18). The number of likely N-dealkylation sites (tertiary alicyclic amines) is 1. The minimum absolute atomic E-state index is 0.162. The minimum atomic E-state index is 0.162. The lowest BCUT2D eigenvalue weighted by Crippen LogP contribution is -2.39. The number of carbonyl (C=O) groups excluding carboxylic acids is 1. The van der Waals surface area contributed by atoms with Crippen LogP contribution in [-0.2, 0) is 18.4 Å². The van der Waals surface area contributed by atoms with Crippen LogP contribution in [0.2, 0.25) is 5.15 Å². The summed E-state index contributed by atoms with van der Waals surface area (Å²) in [7, 11) is 3.62. The van der Waals surface area contributed by atoms with Crippen LogP contribution in [0.15, 0.2) is 6.20 Å². The van der Waals surface area contributed by atoms with E-state index in [4.69, 9.17) is 11.6 Å². The molecule has 0 saturated carbocycles. The summed E-state index contributed by atoms with van der Waals surface area (Å²) >= 11 is 5.96. The first kappa shape index (κ1) is 13.4. The maximum absolute atomic E-state index is 11.5. The van der Waals surface area contributed by atoms with Gasteiger partial charge >= 0.3 is 0 Å². The van der Waals surface area contributed by atoms with E-state index < -0.39 is 0 Å². The van der Waals surface area contributed by atoms with E-state index in [2.05, 4.69) is 15.2 Å². The highest BCUT2D eigenvalue weighted by Gasteiger charge is 2.24. The van der Waals surface area contributed by atoms with Crippen molar-refractivity contribution in [2.75, 3.05) is 20.1 Å². The number of hydrogen-bond donors (Lipinski definition) is 1. The van der Waals surface area contributed by atoms with Gasteiger partial charge < -0.3 is 9.88 Å². The number of carbonyl (C=O) groups is 1. The molecule has 2 rings (SSSR count). The lowest BCUT2D eigenvalue weighted by molar-refractivity contribution is -0.125. The van der Waals surface area contributed by atoms with Crippen LogP contribution in [0, 0.1) is 5.92 Å². The first-order valence-electron chi connectivity index (χ1n) is 6.22. The van der Waals surface area contributed by atoms with Crippen LogP contribution >= 0.6 is 11.6 Å². The molecule has 0 unspecified atom stereocenters. The van der Waals surface area contributed by atoms with E-state index in [-0.39, 0.29) is 11.8 Å². The van der Waals surface area contributed by atoms with Crippen LogP contribution in [0.1, 0.15) is 18.7 Å². The summed E-state index contributed by atoms with van der Waals surface area (Å²) in [5, 5.41) is 3.38. The average Bonchev–Trinajstić information content (AvgIpc) is 2.71. The summed E-state index contributed by atoms with van der Waals surface area (Å²) in [5.74, 6) is 1.30. The van der Waals surface area contributed by atoms with Gasteiger partial charge in [0.25, 0.3) is 0 Å². The van der Waals surface area contributed by atoms with Crippen molar-refractivity contribution in [3.05, 3.63) is 17.2 Å². The number of piperidine rings is 1. The Balaban J connectivity index is 1.87. The zero-order valence-corrected chi connectivity index (χ0v) is 11.6. The van der Waals surface area contributed by atoms with Crippen molar-refractivity contribution < 1.29 is 4.79 Å². The molecule has 0 radical (unpaired) electrons. The highest BCUT2D eigenvalue weighted by molar-refractivity contribution is 6.29. The number of hydrogen-bond acceptors (Lipinski definition) is 3. The monoisotopic (exact) mass is 270 g/mol. The molecule has 6 heteroatoms. The number of rotatable bonds is 3. The van der Waals surface area contributed by atoms with Gasteiger partial charge in [0.1, 0.15) is 11.0 Å². The van der Waals surface area contributed by atoms with E-state index in [0.29, 0.717) is 5.15 Å². The van der Waals surface area contributed by atoms with Gasteiger partial charge in [-0.1, -0.05) is 11.6 Å². The molecule has 1 aliphatic heterocycles. The number of nitrogens with zero attached hydrogens (tertiary/aromatic N) is 3. The summed E-state index contributed by atoms with van der Waals surface area (Å²) in [6.45, 7) is 2.66. The molecule has 100 valence electrons. The number of imidazole rings is 1. The molecule has 1 saturated heterocycles. The number of halogens is 1. The molecule has 0 aromatic carbocycles. The van der Waals surface area contributed by atoms with Gasteiger partial charge in [-0.3, -0.25) is 9.69 Å². The zero-order valence-electron chi connectivity index (χ0n) is 10.8. The topological polar surface area (TPSA) is 50.2 Å². The molecule has 0 spiro atoms. The lowest BCUT2D eigenvalue weighted by Gasteiger charge is -2.30. The third-order valence-corrected chi connectivity index (χ3v) is 3.95. The number of amides is 1. The zero-order chi connectivity index (χ0) is 13.1. The molecular formula is C12H19ClN4O. The Morgan fingerprint density at radius 1 is 1.56 bits per heavy atom. The van der Waals surface area contributed by atoms with Crippen LogP contribution in [0.5, 0.6) is 0 Å². The Labute approximate surface area is 112 Å². The van der Waals surface area contributed by atoms with E-state index in [1.165, 1.54) is 0 Å². The molecule has 1 amide bonds. The molecule has 0 aliphatic carbocycles. The predicted octanol–water partition coefficient (Wildman–Crippen LogP) is 1.03. The lowest BCUT2D eigenvalue weighted by atomic mass is 9.96. The molecule has 1 N–H and O–H groups in total. The van der Waals surface area contributed by atoms with Gasteiger partial charge in [-0.15, -0.1) is 0 Å². The Hall–Kier alpha value is -1.07. The molecular weight excluding hydrogens is 252 g/mol. The molecule has 0 bridgehead atoms. The van der Waals surface area contributed by atoms with E-state index in [0.717, 1.165) is 38.3 Å². The summed E-state index contributed by atoms with van der Waals surface area (Å²) in [4.78, 5) is 18.1. The maximum Gasteiger partial charge on any atom is 0.222 e. The normalized spacial score (nSPS) is 17.9. The average molecular weight is 271 g/mol. The fourth-order valence-corrected chi connectivity index (χ4v) is 2.47. The Morgan fingerprint density at radius 2 is 2.22 bits per heavy atom. The van der Waals surface area contributed by atoms with E-state index in [1.807, 2.05) is 11.6 Å². The second kappa shape index (κ2) is 5.71. The highest BCUT2D eigenvalue weighted by Crippen LogP contribution is 2.19. The van der Waals surface area contributed by atoms with Gasteiger partial charge in [-0.2, -0.15) is 0 Å². The van der Waals surface area contributed by atoms with E-state index in [1.54, 1.807) is 13.2 Å². The minimum Gasteiger partial charge on any atom is -0.359 e. The van der Waals surface area contributed by atoms with Crippen molar-refractivity contribution in [3.63, 3.8) is 0 Å². The molecule has 18 heavy (non-hydrogen) atoms. The molecule has 2 heterocycles. The largest absolute Gasteiger partial charge is 0.359 e. The van der Waals surface area contributed by atoms with Crippen molar-refractivity contribution in [3.8, 4) is 0 Å². The van der Waals surface area contributed by atoms with Crippen molar-refractivity contribution in [1.29, 1.82) is 0 Å². The summed E-state index contributed by atoms with van der Waals surface area (Å²) in [5.41, 5.74) is 0. The van der Waals surface area contributed by atoms with E-state index in [9.17, 15) is 4.79 Å².